The molecule has 0 atom stereocenters. The molecular formula is C18H24N4O4. The first-order valence-corrected chi connectivity index (χ1v) is 9.23. The van der Waals surface area contributed by atoms with E-state index in [1.807, 2.05) is 4.90 Å². The largest absolute Gasteiger partial charge is 0.381 e. The van der Waals surface area contributed by atoms with E-state index in [1.165, 1.54) is 6.33 Å². The van der Waals surface area contributed by atoms with E-state index in [9.17, 15) is 9.59 Å². The van der Waals surface area contributed by atoms with Crippen LogP contribution in [0.1, 0.15) is 25.7 Å². The molecule has 8 nitrogen and oxygen atoms in total. The molecule has 0 N–H and O–H groups in total. The van der Waals surface area contributed by atoms with Gasteiger partial charge in [-0.05, 0) is 25.7 Å². The van der Waals surface area contributed by atoms with Crippen molar-refractivity contribution >= 4 is 17.5 Å². The summed E-state index contributed by atoms with van der Waals surface area (Å²) in [6.07, 6.45) is 7.84. The van der Waals surface area contributed by atoms with E-state index in [-0.39, 0.29) is 24.3 Å². The topological polar surface area (TPSA) is 84.9 Å². The number of nitrogens with zero attached hydrogens (tertiary/aromatic N) is 4. The van der Waals surface area contributed by atoms with Gasteiger partial charge in [0.2, 0.25) is 5.91 Å². The quantitative estimate of drug-likeness (QED) is 0.769. The van der Waals surface area contributed by atoms with Gasteiger partial charge in [-0.2, -0.15) is 0 Å². The van der Waals surface area contributed by atoms with Crippen LogP contribution in [0.2, 0.25) is 0 Å². The van der Waals surface area contributed by atoms with Crippen molar-refractivity contribution in [1.29, 1.82) is 0 Å². The van der Waals surface area contributed by atoms with E-state index in [2.05, 4.69) is 9.97 Å². The highest BCUT2D eigenvalue weighted by atomic mass is 16.5. The molecule has 26 heavy (non-hydrogen) atoms. The number of hydrogen-bond donors (Lipinski definition) is 0. The Bertz CT molecular complexity index is 654. The summed E-state index contributed by atoms with van der Waals surface area (Å²) in [5.74, 6) is 0.249. The average Bonchev–Trinajstić information content (AvgIpc) is 2.71. The van der Waals surface area contributed by atoms with Gasteiger partial charge in [0.15, 0.2) is 0 Å². The summed E-state index contributed by atoms with van der Waals surface area (Å²) in [6, 6.07) is 0. The van der Waals surface area contributed by atoms with Gasteiger partial charge in [-0.15, -0.1) is 0 Å². The second kappa shape index (κ2) is 7.28. The average molecular weight is 360 g/mol. The molecule has 1 aromatic rings. The maximum absolute atomic E-state index is 12.7. The molecule has 3 aliphatic heterocycles. The monoisotopic (exact) mass is 360 g/mol. The zero-order valence-electron chi connectivity index (χ0n) is 14.8. The third-order valence-electron chi connectivity index (χ3n) is 5.66. The minimum atomic E-state index is -0.393. The van der Waals surface area contributed by atoms with Crippen LogP contribution in [0.4, 0.5) is 5.69 Å². The number of rotatable bonds is 2. The van der Waals surface area contributed by atoms with Gasteiger partial charge >= 0.3 is 0 Å². The predicted molar refractivity (Wildman–Crippen MR) is 92.4 cm³/mol. The molecule has 140 valence electrons. The van der Waals surface area contributed by atoms with Gasteiger partial charge in [0.25, 0.3) is 5.91 Å². The summed E-state index contributed by atoms with van der Waals surface area (Å²) in [4.78, 5) is 36.7. The van der Waals surface area contributed by atoms with Crippen LogP contribution in [0.15, 0.2) is 18.7 Å². The Morgan fingerprint density at radius 1 is 1.15 bits per heavy atom. The standard InChI is InChI=1S/C18H24N4O4/c23-16-11-26-18(12-22(16)15-9-19-13-20-10-15)3-5-21(6-4-18)17(24)14-1-7-25-8-2-14/h9-10,13-14H,1-8,11-12H2. The van der Waals surface area contributed by atoms with Crippen molar-refractivity contribution < 1.29 is 19.1 Å². The van der Waals surface area contributed by atoms with Gasteiger partial charge in [-0.25, -0.2) is 9.97 Å². The molecule has 0 bridgehead atoms. The zero-order chi connectivity index (χ0) is 18.0. The van der Waals surface area contributed by atoms with E-state index in [4.69, 9.17) is 9.47 Å². The Morgan fingerprint density at radius 3 is 2.54 bits per heavy atom. The fraction of sp³-hybridized carbons (Fsp3) is 0.667. The minimum Gasteiger partial charge on any atom is -0.381 e. The van der Waals surface area contributed by atoms with E-state index < -0.39 is 5.60 Å². The molecule has 0 radical (unpaired) electrons. The lowest BCUT2D eigenvalue weighted by Gasteiger charge is -2.47. The molecular weight excluding hydrogens is 336 g/mol. The van der Waals surface area contributed by atoms with Gasteiger partial charge in [-0.1, -0.05) is 0 Å². The molecule has 8 heteroatoms. The van der Waals surface area contributed by atoms with E-state index in [0.29, 0.717) is 38.5 Å². The normalized spacial score (nSPS) is 24.1. The van der Waals surface area contributed by atoms with Crippen molar-refractivity contribution in [2.75, 3.05) is 44.4 Å². The molecule has 3 fully saturated rings. The number of likely N-dealkylation sites (tertiary alicyclic amines) is 1. The number of piperidine rings is 1. The second-order valence-electron chi connectivity index (χ2n) is 7.26. The molecule has 3 aliphatic rings. The number of hydrogen-bond acceptors (Lipinski definition) is 6. The van der Waals surface area contributed by atoms with Crippen LogP contribution in [-0.2, 0) is 19.1 Å². The molecule has 2 amide bonds. The summed E-state index contributed by atoms with van der Waals surface area (Å²) in [7, 11) is 0. The Balaban J connectivity index is 1.40. The lowest BCUT2D eigenvalue weighted by Crippen LogP contribution is -2.60. The SMILES string of the molecule is O=C(C1CCOCC1)N1CCC2(CC1)CN(c1cncnc1)C(=O)CO2. The van der Waals surface area contributed by atoms with Crippen LogP contribution >= 0.6 is 0 Å². The maximum Gasteiger partial charge on any atom is 0.253 e. The van der Waals surface area contributed by atoms with Crippen molar-refractivity contribution in [1.82, 2.24) is 14.9 Å². The fourth-order valence-corrected chi connectivity index (χ4v) is 4.02. The smallest absolute Gasteiger partial charge is 0.253 e. The Kier molecular flexibility index (Phi) is 4.86. The van der Waals surface area contributed by atoms with Crippen LogP contribution in [0.5, 0.6) is 0 Å². The van der Waals surface area contributed by atoms with E-state index in [0.717, 1.165) is 25.7 Å². The summed E-state index contributed by atoms with van der Waals surface area (Å²) >= 11 is 0. The van der Waals surface area contributed by atoms with E-state index >= 15 is 0 Å². The van der Waals surface area contributed by atoms with Gasteiger partial charge in [0.1, 0.15) is 12.9 Å². The number of morpholine rings is 1. The predicted octanol–water partition coefficient (Wildman–Crippen LogP) is 0.628. The number of carbonyl (C=O) groups is 2. The number of carbonyl (C=O) groups excluding carboxylic acids is 2. The van der Waals surface area contributed by atoms with Crippen LogP contribution < -0.4 is 4.90 Å². The molecule has 0 saturated carbocycles. The summed E-state index contributed by atoms with van der Waals surface area (Å²) in [5.41, 5.74) is 0.303. The van der Waals surface area contributed by atoms with Gasteiger partial charge in [-0.3, -0.25) is 9.59 Å². The highest BCUT2D eigenvalue weighted by molar-refractivity contribution is 5.94. The molecule has 1 spiro atoms. The zero-order valence-corrected chi connectivity index (χ0v) is 14.8. The van der Waals surface area contributed by atoms with Crippen LogP contribution in [0, 0.1) is 5.92 Å². The number of aromatic nitrogens is 2. The van der Waals surface area contributed by atoms with Crippen LogP contribution in [0.25, 0.3) is 0 Å². The molecule has 0 aliphatic carbocycles. The first-order chi connectivity index (χ1) is 12.7. The minimum absolute atomic E-state index is 0.0583. The Hall–Kier alpha value is -2.06. The molecule has 0 unspecified atom stereocenters. The number of ether oxygens (including phenoxy) is 2. The maximum atomic E-state index is 12.7. The van der Waals surface area contributed by atoms with Gasteiger partial charge in [0.05, 0.1) is 30.2 Å². The Morgan fingerprint density at radius 2 is 1.85 bits per heavy atom. The molecule has 4 heterocycles. The highest BCUT2D eigenvalue weighted by Crippen LogP contribution is 2.33. The number of anilines is 1. The lowest BCUT2D eigenvalue weighted by atomic mass is 9.88. The molecule has 3 saturated heterocycles. The summed E-state index contributed by atoms with van der Waals surface area (Å²) in [5, 5.41) is 0. The third kappa shape index (κ3) is 3.43. The first kappa shape index (κ1) is 17.4. The van der Waals surface area contributed by atoms with Gasteiger partial charge in [0, 0.05) is 32.2 Å². The fourth-order valence-electron chi connectivity index (χ4n) is 4.02. The Labute approximate surface area is 152 Å². The van der Waals surface area contributed by atoms with Crippen LogP contribution in [-0.4, -0.2) is 71.7 Å². The van der Waals surface area contributed by atoms with Crippen molar-refractivity contribution in [3.05, 3.63) is 18.7 Å². The summed E-state index contributed by atoms with van der Waals surface area (Å²) in [6.45, 7) is 3.23. The van der Waals surface area contributed by atoms with E-state index in [1.54, 1.807) is 17.3 Å². The number of amides is 2. The lowest BCUT2D eigenvalue weighted by molar-refractivity contribution is -0.153. The first-order valence-electron chi connectivity index (χ1n) is 9.23. The van der Waals surface area contributed by atoms with Crippen LogP contribution in [0.3, 0.4) is 0 Å². The highest BCUT2D eigenvalue weighted by Gasteiger charge is 2.44. The van der Waals surface area contributed by atoms with Gasteiger partial charge < -0.3 is 19.3 Å². The molecule has 1 aromatic heterocycles. The molecule has 0 aromatic carbocycles. The van der Waals surface area contributed by atoms with Crippen molar-refractivity contribution in [3.63, 3.8) is 0 Å². The van der Waals surface area contributed by atoms with Crippen molar-refractivity contribution in [2.45, 2.75) is 31.3 Å². The van der Waals surface area contributed by atoms with Crippen molar-refractivity contribution in [3.8, 4) is 0 Å². The third-order valence-corrected chi connectivity index (χ3v) is 5.66. The van der Waals surface area contributed by atoms with Crippen molar-refractivity contribution in [2.24, 2.45) is 5.92 Å². The molecule has 4 rings (SSSR count). The summed E-state index contributed by atoms with van der Waals surface area (Å²) < 4.78 is 11.3. The second-order valence-corrected chi connectivity index (χ2v) is 7.26.